The lowest BCUT2D eigenvalue weighted by atomic mass is 10.1. The lowest BCUT2D eigenvalue weighted by Crippen LogP contribution is -2.00. The van der Waals surface area contributed by atoms with Crippen LogP contribution in [0.5, 0.6) is 5.75 Å². The molecule has 0 aromatic heterocycles. The number of benzene rings is 1. The van der Waals surface area contributed by atoms with E-state index in [4.69, 9.17) is 21.6 Å². The molecule has 0 saturated heterocycles. The first-order chi connectivity index (χ1) is 7.15. The zero-order chi connectivity index (χ0) is 11.3. The molecule has 0 bridgehead atoms. The van der Waals surface area contributed by atoms with Gasteiger partial charge in [-0.2, -0.15) is 5.26 Å². The highest BCUT2D eigenvalue weighted by Gasteiger charge is 2.05. The Labute approximate surface area is 95.4 Å². The Morgan fingerprint density at radius 3 is 2.47 bits per heavy atom. The molecule has 0 aliphatic carbocycles. The molecule has 80 valence electrons. The summed E-state index contributed by atoms with van der Waals surface area (Å²) < 4.78 is 5.61. The van der Waals surface area contributed by atoms with Crippen molar-refractivity contribution < 1.29 is 4.74 Å². The predicted molar refractivity (Wildman–Crippen MR) is 61.3 cm³/mol. The van der Waals surface area contributed by atoms with E-state index in [0.717, 1.165) is 28.3 Å². The quantitative estimate of drug-likeness (QED) is 0.731. The number of nitriles is 1. The normalized spacial score (nSPS) is 9.73. The van der Waals surface area contributed by atoms with Gasteiger partial charge in [-0.15, -0.1) is 0 Å². The Hall–Kier alpha value is -1.20. The van der Waals surface area contributed by atoms with Gasteiger partial charge in [-0.05, 0) is 43.5 Å². The Bertz CT molecular complexity index is 359. The highest BCUT2D eigenvalue weighted by molar-refractivity contribution is 6.30. The molecular formula is C12H14ClNO. The first-order valence-corrected chi connectivity index (χ1v) is 5.29. The van der Waals surface area contributed by atoms with E-state index < -0.39 is 0 Å². The van der Waals surface area contributed by atoms with Crippen molar-refractivity contribution in [3.63, 3.8) is 0 Å². The highest BCUT2D eigenvalue weighted by Crippen LogP contribution is 2.27. The van der Waals surface area contributed by atoms with Crippen molar-refractivity contribution in [2.75, 3.05) is 6.61 Å². The Morgan fingerprint density at radius 2 is 1.93 bits per heavy atom. The van der Waals surface area contributed by atoms with Gasteiger partial charge in [0.25, 0.3) is 0 Å². The molecule has 15 heavy (non-hydrogen) atoms. The third-order valence-corrected chi connectivity index (χ3v) is 2.32. The van der Waals surface area contributed by atoms with Crippen LogP contribution in [0.25, 0.3) is 0 Å². The van der Waals surface area contributed by atoms with Crippen LogP contribution in [0, 0.1) is 25.2 Å². The molecule has 0 saturated carbocycles. The van der Waals surface area contributed by atoms with Crippen molar-refractivity contribution >= 4 is 11.6 Å². The van der Waals surface area contributed by atoms with E-state index in [1.807, 2.05) is 26.0 Å². The summed E-state index contributed by atoms with van der Waals surface area (Å²) in [4.78, 5) is 0. The van der Waals surface area contributed by atoms with Crippen molar-refractivity contribution in [3.05, 3.63) is 28.3 Å². The lowest BCUT2D eigenvalue weighted by Gasteiger charge is -2.11. The number of rotatable bonds is 4. The van der Waals surface area contributed by atoms with Gasteiger partial charge < -0.3 is 4.74 Å². The maximum absolute atomic E-state index is 8.39. The maximum Gasteiger partial charge on any atom is 0.125 e. The van der Waals surface area contributed by atoms with Gasteiger partial charge in [0.15, 0.2) is 0 Å². The largest absolute Gasteiger partial charge is 0.493 e. The molecule has 0 N–H and O–H groups in total. The van der Waals surface area contributed by atoms with Crippen LogP contribution in [0.1, 0.15) is 24.0 Å². The van der Waals surface area contributed by atoms with Crippen LogP contribution < -0.4 is 4.74 Å². The number of unbranched alkanes of at least 4 members (excludes halogenated alkanes) is 1. The second-order valence-corrected chi connectivity index (χ2v) is 3.92. The van der Waals surface area contributed by atoms with Crippen molar-refractivity contribution in [3.8, 4) is 11.8 Å². The molecule has 0 atom stereocenters. The van der Waals surface area contributed by atoms with Gasteiger partial charge in [-0.25, -0.2) is 0 Å². The number of halogens is 1. The van der Waals surface area contributed by atoms with E-state index in [2.05, 4.69) is 6.07 Å². The van der Waals surface area contributed by atoms with E-state index in [9.17, 15) is 0 Å². The molecule has 0 unspecified atom stereocenters. The fraction of sp³-hybridized carbons (Fsp3) is 0.417. The topological polar surface area (TPSA) is 33.0 Å². The summed E-state index contributed by atoms with van der Waals surface area (Å²) >= 11 is 5.91. The van der Waals surface area contributed by atoms with Crippen molar-refractivity contribution in [2.45, 2.75) is 26.7 Å². The molecule has 0 amide bonds. The number of aryl methyl sites for hydroxylation is 2. The van der Waals surface area contributed by atoms with E-state index in [1.54, 1.807) is 0 Å². The number of hydrogen-bond acceptors (Lipinski definition) is 2. The molecule has 1 aromatic carbocycles. The lowest BCUT2D eigenvalue weighted by molar-refractivity contribution is 0.308. The Kier molecular flexibility index (Phi) is 4.45. The predicted octanol–water partition coefficient (Wildman–Crippen LogP) is 3.64. The molecule has 3 heteroatoms. The molecule has 1 aromatic rings. The average Bonchev–Trinajstić information content (AvgIpc) is 2.15. The number of ether oxygens (including phenoxy) is 1. The van der Waals surface area contributed by atoms with E-state index in [-0.39, 0.29) is 0 Å². The van der Waals surface area contributed by atoms with Crippen molar-refractivity contribution in [2.24, 2.45) is 0 Å². The molecule has 1 rings (SSSR count). The fourth-order valence-corrected chi connectivity index (χ4v) is 1.78. The second kappa shape index (κ2) is 5.63. The standard InChI is InChI=1S/C12H14ClNO/c1-9-7-11(13)8-10(2)12(9)15-6-4-3-5-14/h7-8H,3-4,6H2,1-2H3. The summed E-state index contributed by atoms with van der Waals surface area (Å²) in [6.45, 7) is 4.52. The van der Waals surface area contributed by atoms with Gasteiger partial charge in [0.2, 0.25) is 0 Å². The second-order valence-electron chi connectivity index (χ2n) is 3.48. The summed E-state index contributed by atoms with van der Waals surface area (Å²) in [6, 6.07) is 5.86. The first-order valence-electron chi connectivity index (χ1n) is 4.91. The number of nitrogens with zero attached hydrogens (tertiary/aromatic N) is 1. The minimum Gasteiger partial charge on any atom is -0.493 e. The van der Waals surface area contributed by atoms with E-state index in [1.165, 1.54) is 0 Å². The SMILES string of the molecule is Cc1cc(Cl)cc(C)c1OCCCC#N. The van der Waals surface area contributed by atoms with E-state index in [0.29, 0.717) is 13.0 Å². The van der Waals surface area contributed by atoms with Crippen LogP contribution in [0.3, 0.4) is 0 Å². The minimum absolute atomic E-state index is 0.533. The molecule has 0 aliphatic rings. The van der Waals surface area contributed by atoms with Crippen LogP contribution in [0.4, 0.5) is 0 Å². The molecule has 0 fully saturated rings. The van der Waals surface area contributed by atoms with Crippen LogP contribution in [-0.2, 0) is 0 Å². The summed E-state index contributed by atoms with van der Waals surface area (Å²) in [5.74, 6) is 0.886. The summed E-state index contributed by atoms with van der Waals surface area (Å²) in [5.41, 5.74) is 2.08. The van der Waals surface area contributed by atoms with Crippen molar-refractivity contribution in [1.29, 1.82) is 5.26 Å². The third-order valence-electron chi connectivity index (χ3n) is 2.10. The highest BCUT2D eigenvalue weighted by atomic mass is 35.5. The molecule has 0 radical (unpaired) electrons. The maximum atomic E-state index is 8.39. The molecule has 0 heterocycles. The molecule has 0 spiro atoms. The third kappa shape index (κ3) is 3.45. The fourth-order valence-electron chi connectivity index (χ4n) is 1.45. The van der Waals surface area contributed by atoms with Crippen LogP contribution in [-0.4, -0.2) is 6.61 Å². The van der Waals surface area contributed by atoms with Crippen LogP contribution >= 0.6 is 11.6 Å². The van der Waals surface area contributed by atoms with Gasteiger partial charge in [0.1, 0.15) is 5.75 Å². The first kappa shape index (κ1) is 11.9. The zero-order valence-electron chi connectivity index (χ0n) is 9.01. The van der Waals surface area contributed by atoms with Crippen LogP contribution in [0.15, 0.2) is 12.1 Å². The van der Waals surface area contributed by atoms with Gasteiger partial charge in [0.05, 0.1) is 12.7 Å². The van der Waals surface area contributed by atoms with Crippen molar-refractivity contribution in [1.82, 2.24) is 0 Å². The molecule has 0 aliphatic heterocycles. The zero-order valence-corrected chi connectivity index (χ0v) is 9.77. The molecular weight excluding hydrogens is 210 g/mol. The monoisotopic (exact) mass is 223 g/mol. The van der Waals surface area contributed by atoms with Gasteiger partial charge in [-0.3, -0.25) is 0 Å². The van der Waals surface area contributed by atoms with Crippen LogP contribution in [0.2, 0.25) is 5.02 Å². The summed E-state index contributed by atoms with van der Waals surface area (Å²) in [7, 11) is 0. The number of hydrogen-bond donors (Lipinski definition) is 0. The van der Waals surface area contributed by atoms with Gasteiger partial charge >= 0.3 is 0 Å². The minimum atomic E-state index is 0.533. The van der Waals surface area contributed by atoms with E-state index >= 15 is 0 Å². The van der Waals surface area contributed by atoms with Gasteiger partial charge in [0, 0.05) is 11.4 Å². The summed E-state index contributed by atoms with van der Waals surface area (Å²) in [5, 5.41) is 9.12. The van der Waals surface area contributed by atoms with Gasteiger partial charge in [-0.1, -0.05) is 11.6 Å². The Morgan fingerprint density at radius 1 is 1.33 bits per heavy atom. The summed E-state index contributed by atoms with van der Waals surface area (Å²) in [6.07, 6.45) is 1.30. The Balaban J connectivity index is 2.65. The average molecular weight is 224 g/mol. The smallest absolute Gasteiger partial charge is 0.125 e. The molecule has 2 nitrogen and oxygen atoms in total.